The zero-order chi connectivity index (χ0) is 13.2. The highest BCUT2D eigenvalue weighted by atomic mass is 15.2. The van der Waals surface area contributed by atoms with Crippen molar-refractivity contribution in [2.24, 2.45) is 11.7 Å². The minimum absolute atomic E-state index is 0.511. The molecule has 0 bridgehead atoms. The van der Waals surface area contributed by atoms with Crippen LogP contribution in [0.1, 0.15) is 12.8 Å². The van der Waals surface area contributed by atoms with Gasteiger partial charge >= 0.3 is 0 Å². The molecule has 1 fully saturated rings. The van der Waals surface area contributed by atoms with E-state index in [1.165, 1.54) is 6.42 Å². The number of aromatic nitrogens is 2. The minimum atomic E-state index is 0.511. The topological polar surface area (TPSA) is 81.1 Å². The molecule has 4 N–H and O–H groups in total. The first-order valence-corrected chi connectivity index (χ1v) is 6.75. The monoisotopic (exact) mass is 257 g/mol. The Bertz CT molecular complexity index is 583. The Labute approximate surface area is 112 Å². The second-order valence-electron chi connectivity index (χ2n) is 5.11. The van der Waals surface area contributed by atoms with Crippen LogP contribution in [0, 0.1) is 5.92 Å². The highest BCUT2D eigenvalue weighted by Crippen LogP contribution is 2.26. The molecule has 1 aliphatic rings. The van der Waals surface area contributed by atoms with Crippen molar-refractivity contribution in [1.82, 2.24) is 9.97 Å². The Morgan fingerprint density at radius 3 is 2.68 bits per heavy atom. The van der Waals surface area contributed by atoms with Crippen LogP contribution in [0.4, 0.5) is 11.6 Å². The molecule has 19 heavy (non-hydrogen) atoms. The number of rotatable bonds is 2. The molecule has 2 heterocycles. The van der Waals surface area contributed by atoms with Crippen molar-refractivity contribution in [3.63, 3.8) is 0 Å². The van der Waals surface area contributed by atoms with Gasteiger partial charge in [-0.2, -0.15) is 0 Å². The predicted molar refractivity (Wildman–Crippen MR) is 77.9 cm³/mol. The second-order valence-corrected chi connectivity index (χ2v) is 5.11. The van der Waals surface area contributed by atoms with Gasteiger partial charge in [0.15, 0.2) is 11.6 Å². The summed E-state index contributed by atoms with van der Waals surface area (Å²) in [5.41, 5.74) is 13.6. The fourth-order valence-corrected chi connectivity index (χ4v) is 2.69. The predicted octanol–water partition coefficient (Wildman–Crippen LogP) is 1.39. The number of para-hydroxylation sites is 2. The molecule has 3 rings (SSSR count). The van der Waals surface area contributed by atoms with Crippen molar-refractivity contribution in [3.8, 4) is 0 Å². The molecule has 5 heteroatoms. The highest BCUT2D eigenvalue weighted by molar-refractivity contribution is 5.79. The van der Waals surface area contributed by atoms with Crippen molar-refractivity contribution in [2.75, 3.05) is 30.3 Å². The van der Waals surface area contributed by atoms with Gasteiger partial charge in [-0.15, -0.1) is 0 Å². The van der Waals surface area contributed by atoms with E-state index in [-0.39, 0.29) is 0 Å². The lowest BCUT2D eigenvalue weighted by molar-refractivity contribution is 0.422. The number of fused-ring (bicyclic) bond motifs is 1. The van der Waals surface area contributed by atoms with Gasteiger partial charge in [-0.05, 0) is 37.4 Å². The van der Waals surface area contributed by atoms with Crippen LogP contribution in [0.5, 0.6) is 0 Å². The lowest BCUT2D eigenvalue weighted by Crippen LogP contribution is -2.39. The summed E-state index contributed by atoms with van der Waals surface area (Å²) in [4.78, 5) is 11.3. The number of hydrogen-bond acceptors (Lipinski definition) is 5. The van der Waals surface area contributed by atoms with Gasteiger partial charge in [0.05, 0.1) is 11.0 Å². The summed E-state index contributed by atoms with van der Waals surface area (Å²) in [6, 6.07) is 7.81. The molecule has 1 aromatic heterocycles. The molecule has 5 nitrogen and oxygen atoms in total. The zero-order valence-electron chi connectivity index (χ0n) is 10.9. The van der Waals surface area contributed by atoms with Gasteiger partial charge in [-0.3, -0.25) is 0 Å². The van der Waals surface area contributed by atoms with E-state index in [0.717, 1.165) is 42.9 Å². The maximum Gasteiger partial charge on any atom is 0.172 e. The smallest absolute Gasteiger partial charge is 0.172 e. The normalized spacial score (nSPS) is 19.8. The molecule has 0 amide bonds. The number of anilines is 2. The Kier molecular flexibility index (Phi) is 3.21. The van der Waals surface area contributed by atoms with Crippen molar-refractivity contribution in [3.05, 3.63) is 24.3 Å². The Hall–Kier alpha value is -1.88. The van der Waals surface area contributed by atoms with E-state index in [1.807, 2.05) is 24.3 Å². The molecular weight excluding hydrogens is 238 g/mol. The van der Waals surface area contributed by atoms with E-state index in [9.17, 15) is 0 Å². The molecule has 1 aromatic carbocycles. The number of nitrogens with zero attached hydrogens (tertiary/aromatic N) is 3. The molecule has 0 aliphatic carbocycles. The SMILES string of the molecule is NC[C@@H]1CCCN(c2nc3ccccc3nc2N)C1. The van der Waals surface area contributed by atoms with Crippen molar-refractivity contribution in [1.29, 1.82) is 0 Å². The van der Waals surface area contributed by atoms with Crippen LogP contribution in [-0.4, -0.2) is 29.6 Å². The number of hydrogen-bond donors (Lipinski definition) is 2. The molecule has 1 atom stereocenters. The third kappa shape index (κ3) is 2.33. The lowest BCUT2D eigenvalue weighted by Gasteiger charge is -2.33. The molecule has 2 aromatic rings. The van der Waals surface area contributed by atoms with Crippen LogP contribution < -0.4 is 16.4 Å². The first kappa shape index (κ1) is 12.2. The number of piperidine rings is 1. The fraction of sp³-hybridized carbons (Fsp3) is 0.429. The minimum Gasteiger partial charge on any atom is -0.381 e. The fourth-order valence-electron chi connectivity index (χ4n) is 2.69. The van der Waals surface area contributed by atoms with E-state index in [4.69, 9.17) is 11.5 Å². The first-order valence-electron chi connectivity index (χ1n) is 6.75. The molecule has 1 saturated heterocycles. The summed E-state index contributed by atoms with van der Waals surface area (Å²) in [5, 5.41) is 0. The third-order valence-electron chi connectivity index (χ3n) is 3.73. The maximum absolute atomic E-state index is 6.06. The van der Waals surface area contributed by atoms with Crippen LogP contribution in [0.15, 0.2) is 24.3 Å². The molecule has 0 saturated carbocycles. The summed E-state index contributed by atoms with van der Waals surface area (Å²) in [6.07, 6.45) is 2.32. The van der Waals surface area contributed by atoms with Crippen LogP contribution in [-0.2, 0) is 0 Å². The van der Waals surface area contributed by atoms with Gasteiger partial charge in [-0.1, -0.05) is 12.1 Å². The summed E-state index contributed by atoms with van der Waals surface area (Å²) < 4.78 is 0. The van der Waals surface area contributed by atoms with E-state index < -0.39 is 0 Å². The van der Waals surface area contributed by atoms with Gasteiger partial charge in [0.25, 0.3) is 0 Å². The van der Waals surface area contributed by atoms with Crippen LogP contribution in [0.2, 0.25) is 0 Å². The van der Waals surface area contributed by atoms with Crippen molar-refractivity contribution < 1.29 is 0 Å². The number of benzene rings is 1. The summed E-state index contributed by atoms with van der Waals surface area (Å²) in [7, 11) is 0. The second kappa shape index (κ2) is 5.01. The van der Waals surface area contributed by atoms with Crippen LogP contribution >= 0.6 is 0 Å². The number of nitrogen functional groups attached to an aromatic ring is 1. The first-order chi connectivity index (χ1) is 9.28. The summed E-state index contributed by atoms with van der Waals surface area (Å²) >= 11 is 0. The molecular formula is C14H19N5. The van der Waals surface area contributed by atoms with Gasteiger partial charge < -0.3 is 16.4 Å². The Morgan fingerprint density at radius 2 is 1.95 bits per heavy atom. The Morgan fingerprint density at radius 1 is 1.21 bits per heavy atom. The van der Waals surface area contributed by atoms with Gasteiger partial charge in [0, 0.05) is 13.1 Å². The third-order valence-corrected chi connectivity index (χ3v) is 3.73. The molecule has 0 radical (unpaired) electrons. The molecule has 0 spiro atoms. The highest BCUT2D eigenvalue weighted by Gasteiger charge is 2.22. The lowest BCUT2D eigenvalue weighted by atomic mass is 9.98. The van der Waals surface area contributed by atoms with E-state index in [1.54, 1.807) is 0 Å². The largest absolute Gasteiger partial charge is 0.381 e. The average Bonchev–Trinajstić information content (AvgIpc) is 2.46. The van der Waals surface area contributed by atoms with E-state index in [2.05, 4.69) is 14.9 Å². The van der Waals surface area contributed by atoms with E-state index >= 15 is 0 Å². The summed E-state index contributed by atoms with van der Waals surface area (Å²) in [6.45, 7) is 2.62. The van der Waals surface area contributed by atoms with Crippen LogP contribution in [0.3, 0.4) is 0 Å². The van der Waals surface area contributed by atoms with Gasteiger partial charge in [0.1, 0.15) is 0 Å². The molecule has 0 unspecified atom stereocenters. The molecule has 1 aliphatic heterocycles. The number of nitrogens with two attached hydrogens (primary N) is 2. The van der Waals surface area contributed by atoms with Gasteiger partial charge in [0.2, 0.25) is 0 Å². The van der Waals surface area contributed by atoms with E-state index in [0.29, 0.717) is 11.7 Å². The van der Waals surface area contributed by atoms with Gasteiger partial charge in [-0.25, -0.2) is 9.97 Å². The Balaban J connectivity index is 1.97. The van der Waals surface area contributed by atoms with Crippen molar-refractivity contribution >= 4 is 22.7 Å². The molecule has 100 valence electrons. The standard InChI is InChI=1S/C14H19N5/c15-8-10-4-3-7-19(9-10)14-13(16)17-11-5-1-2-6-12(11)18-14/h1-2,5-6,10H,3-4,7-9,15H2,(H2,16,17)/t10-/m0/s1. The zero-order valence-corrected chi connectivity index (χ0v) is 10.9. The van der Waals surface area contributed by atoms with Crippen molar-refractivity contribution in [2.45, 2.75) is 12.8 Å². The quantitative estimate of drug-likeness (QED) is 0.849. The average molecular weight is 257 g/mol. The summed E-state index contributed by atoms with van der Waals surface area (Å²) in [5.74, 6) is 1.84. The maximum atomic E-state index is 6.06. The van der Waals surface area contributed by atoms with Crippen LogP contribution in [0.25, 0.3) is 11.0 Å².